The second-order valence-electron chi connectivity index (χ2n) is 10.8. The van der Waals surface area contributed by atoms with Gasteiger partial charge >= 0.3 is 0 Å². The number of benzene rings is 7. The van der Waals surface area contributed by atoms with Gasteiger partial charge in [-0.05, 0) is 86.6 Å². The zero-order chi connectivity index (χ0) is 26.1. The highest BCUT2D eigenvalue weighted by atomic mass is 14.7. The van der Waals surface area contributed by atoms with Gasteiger partial charge in [-0.2, -0.15) is 0 Å². The Balaban J connectivity index is 1.52. The van der Waals surface area contributed by atoms with Gasteiger partial charge in [0, 0.05) is 22.2 Å². The van der Waals surface area contributed by atoms with Crippen LogP contribution in [0.15, 0.2) is 121 Å². The van der Waals surface area contributed by atoms with Gasteiger partial charge in [0.05, 0.1) is 0 Å². The van der Waals surface area contributed by atoms with Gasteiger partial charge in [0.1, 0.15) is 0 Å². The summed E-state index contributed by atoms with van der Waals surface area (Å²) in [5.74, 6) is 0. The summed E-state index contributed by atoms with van der Waals surface area (Å²) in [6.07, 6.45) is 0. The van der Waals surface area contributed by atoms with Crippen molar-refractivity contribution in [3.8, 4) is 33.5 Å². The van der Waals surface area contributed by atoms with Crippen LogP contribution < -0.4 is 0 Å². The zero-order valence-corrected chi connectivity index (χ0v) is 22.0. The van der Waals surface area contributed by atoms with E-state index in [-0.39, 0.29) is 0 Å². The molecule has 0 amide bonds. The molecule has 0 fully saturated rings. The Morgan fingerprint density at radius 3 is 1.74 bits per heavy atom. The molecule has 39 heavy (non-hydrogen) atoms. The van der Waals surface area contributed by atoms with Gasteiger partial charge in [0.2, 0.25) is 0 Å². The van der Waals surface area contributed by atoms with E-state index in [4.69, 9.17) is 0 Å². The molecule has 1 aromatic heterocycles. The fourth-order valence-corrected chi connectivity index (χ4v) is 6.30. The van der Waals surface area contributed by atoms with Crippen molar-refractivity contribution in [2.75, 3.05) is 0 Å². The molecule has 0 aliphatic rings. The van der Waals surface area contributed by atoms with Crippen LogP contribution in [0.5, 0.6) is 0 Å². The van der Waals surface area contributed by atoms with Gasteiger partial charge in [0.15, 0.2) is 0 Å². The van der Waals surface area contributed by atoms with Crippen LogP contribution in [-0.2, 0) is 0 Å². The molecule has 1 heteroatoms. The highest BCUT2D eigenvalue weighted by molar-refractivity contribution is 6.30. The van der Waals surface area contributed by atoms with Crippen LogP contribution in [0.3, 0.4) is 0 Å². The first-order chi connectivity index (χ1) is 19.1. The molecular weight excluding hydrogens is 470 g/mol. The maximum absolute atomic E-state index is 3.72. The Labute approximate surface area is 227 Å². The van der Waals surface area contributed by atoms with Crippen LogP contribution in [0.25, 0.3) is 76.7 Å². The lowest BCUT2D eigenvalue weighted by Gasteiger charge is -2.19. The third-order valence-electron chi connectivity index (χ3n) is 8.33. The Hall–Kier alpha value is -4.88. The molecule has 0 bridgehead atoms. The summed E-state index contributed by atoms with van der Waals surface area (Å²) in [6.45, 7) is 4.29. The molecule has 184 valence electrons. The lowest BCUT2D eigenvalue weighted by molar-refractivity contribution is 1.46. The molecular formula is C38H27N. The number of aromatic nitrogens is 1. The molecule has 0 unspecified atom stereocenters. The molecule has 1 N–H and O–H groups in total. The predicted octanol–water partition coefficient (Wildman–Crippen LogP) is 10.7. The smallest absolute Gasteiger partial charge is 0.0471 e. The van der Waals surface area contributed by atoms with E-state index in [2.05, 4.69) is 140 Å². The van der Waals surface area contributed by atoms with Crippen LogP contribution in [0.4, 0.5) is 0 Å². The van der Waals surface area contributed by atoms with Crippen LogP contribution in [0, 0.1) is 13.8 Å². The summed E-state index contributed by atoms with van der Waals surface area (Å²) in [5.41, 5.74) is 11.2. The largest absolute Gasteiger partial charge is 0.355 e. The summed E-state index contributed by atoms with van der Waals surface area (Å²) < 4.78 is 0. The summed E-state index contributed by atoms with van der Waals surface area (Å²) in [6, 6.07) is 44.9. The fourth-order valence-electron chi connectivity index (χ4n) is 6.30. The molecule has 1 heterocycles. The topological polar surface area (TPSA) is 15.8 Å². The van der Waals surface area contributed by atoms with Crippen LogP contribution in [-0.4, -0.2) is 4.98 Å². The van der Waals surface area contributed by atoms with Crippen molar-refractivity contribution in [1.29, 1.82) is 0 Å². The molecule has 8 aromatic rings. The number of hydrogen-bond acceptors (Lipinski definition) is 0. The van der Waals surface area contributed by atoms with Crippen molar-refractivity contribution in [2.24, 2.45) is 0 Å². The van der Waals surface area contributed by atoms with E-state index in [1.54, 1.807) is 0 Å². The van der Waals surface area contributed by atoms with E-state index < -0.39 is 0 Å². The number of hydrogen-bond donors (Lipinski definition) is 1. The summed E-state index contributed by atoms with van der Waals surface area (Å²) in [5, 5.41) is 9.08. The minimum absolute atomic E-state index is 1.15. The minimum Gasteiger partial charge on any atom is -0.355 e. The molecule has 8 rings (SSSR count). The fraction of sp³-hybridized carbons (Fsp3) is 0.0526. The SMILES string of the molecule is Cc1ccc(-c2ccc3ccc4c(-c5ccc(C)cc5)cc(-c5cc6ccccc6[nH]5)c5ccc2c3c45)cc1. The maximum atomic E-state index is 3.72. The van der Waals surface area contributed by atoms with Gasteiger partial charge in [-0.1, -0.05) is 114 Å². The van der Waals surface area contributed by atoms with E-state index in [1.165, 1.54) is 76.6 Å². The number of aryl methyl sites for hydroxylation is 2. The Morgan fingerprint density at radius 1 is 0.436 bits per heavy atom. The standard InChI is InChI=1S/C38H27N/c1-23-7-11-25(12-8-23)29-17-15-27-16-18-31-33(26-13-9-24(2)10-14-26)22-34(32-20-19-30(29)37(27)38(31)32)36-21-28-5-3-4-6-35(28)39-36/h3-22,39H,1-2H3. The van der Waals surface area contributed by atoms with E-state index >= 15 is 0 Å². The van der Waals surface area contributed by atoms with Gasteiger partial charge in [0.25, 0.3) is 0 Å². The van der Waals surface area contributed by atoms with Crippen molar-refractivity contribution < 1.29 is 0 Å². The van der Waals surface area contributed by atoms with E-state index in [1.807, 2.05) is 0 Å². The summed E-state index contributed by atoms with van der Waals surface area (Å²) >= 11 is 0. The third-order valence-corrected chi connectivity index (χ3v) is 8.33. The van der Waals surface area contributed by atoms with E-state index in [0.717, 1.165) is 11.2 Å². The lowest BCUT2D eigenvalue weighted by Crippen LogP contribution is -1.92. The predicted molar refractivity (Wildman–Crippen MR) is 168 cm³/mol. The molecule has 0 atom stereocenters. The van der Waals surface area contributed by atoms with Crippen molar-refractivity contribution in [2.45, 2.75) is 13.8 Å². The summed E-state index contributed by atoms with van der Waals surface area (Å²) in [7, 11) is 0. The van der Waals surface area contributed by atoms with E-state index in [9.17, 15) is 0 Å². The maximum Gasteiger partial charge on any atom is 0.0471 e. The number of para-hydroxylation sites is 1. The van der Waals surface area contributed by atoms with Crippen molar-refractivity contribution in [1.82, 2.24) is 4.98 Å². The summed E-state index contributed by atoms with van der Waals surface area (Å²) in [4.78, 5) is 3.72. The quantitative estimate of drug-likeness (QED) is 0.234. The zero-order valence-electron chi connectivity index (χ0n) is 22.0. The first-order valence-corrected chi connectivity index (χ1v) is 13.6. The van der Waals surface area contributed by atoms with E-state index in [0.29, 0.717) is 0 Å². The molecule has 0 aliphatic carbocycles. The molecule has 7 aromatic carbocycles. The monoisotopic (exact) mass is 497 g/mol. The minimum atomic E-state index is 1.15. The van der Waals surface area contributed by atoms with Crippen molar-refractivity contribution >= 4 is 43.2 Å². The van der Waals surface area contributed by atoms with Gasteiger partial charge < -0.3 is 4.98 Å². The normalized spacial score (nSPS) is 11.8. The number of fused-ring (bicyclic) bond motifs is 1. The first-order valence-electron chi connectivity index (χ1n) is 13.6. The highest BCUT2D eigenvalue weighted by Crippen LogP contribution is 2.46. The van der Waals surface area contributed by atoms with Gasteiger partial charge in [-0.3, -0.25) is 0 Å². The third kappa shape index (κ3) is 3.40. The molecule has 1 nitrogen and oxygen atoms in total. The second kappa shape index (κ2) is 8.31. The number of rotatable bonds is 3. The molecule has 0 saturated heterocycles. The number of nitrogens with one attached hydrogen (secondary N) is 1. The van der Waals surface area contributed by atoms with Crippen molar-refractivity contribution in [3.05, 3.63) is 132 Å². The second-order valence-corrected chi connectivity index (χ2v) is 10.8. The molecule has 0 aliphatic heterocycles. The lowest BCUT2D eigenvalue weighted by atomic mass is 9.84. The molecule has 0 spiro atoms. The van der Waals surface area contributed by atoms with Crippen molar-refractivity contribution in [3.63, 3.8) is 0 Å². The Bertz CT molecular complexity index is 2130. The number of aromatic amines is 1. The average molecular weight is 498 g/mol. The van der Waals surface area contributed by atoms with Crippen LogP contribution in [0.1, 0.15) is 11.1 Å². The highest BCUT2D eigenvalue weighted by Gasteiger charge is 2.19. The van der Waals surface area contributed by atoms with Crippen LogP contribution >= 0.6 is 0 Å². The average Bonchev–Trinajstić information content (AvgIpc) is 3.41. The van der Waals surface area contributed by atoms with Gasteiger partial charge in [-0.15, -0.1) is 0 Å². The van der Waals surface area contributed by atoms with Crippen LogP contribution in [0.2, 0.25) is 0 Å². The molecule has 0 saturated carbocycles. The van der Waals surface area contributed by atoms with Gasteiger partial charge in [-0.25, -0.2) is 0 Å². The first kappa shape index (κ1) is 22.1. The Morgan fingerprint density at radius 2 is 1.03 bits per heavy atom. The number of H-pyrrole nitrogens is 1. The molecule has 0 radical (unpaired) electrons. The Kier molecular flexibility index (Phi) is 4.72.